The van der Waals surface area contributed by atoms with Crippen LogP contribution in [0.4, 0.5) is 0 Å². The molecule has 1 aromatic rings. The zero-order chi connectivity index (χ0) is 14.0. The molecule has 0 N–H and O–H groups in total. The van der Waals surface area contributed by atoms with Crippen LogP contribution in [0.15, 0.2) is 16.1 Å². The minimum Gasteiger partial charge on any atom is -0.421 e. The molecule has 0 amide bonds. The van der Waals surface area contributed by atoms with Gasteiger partial charge in [0.2, 0.25) is 5.89 Å². The number of ether oxygens (including phenoxy) is 2. The molecule has 1 fully saturated rings. The second-order valence-electron chi connectivity index (χ2n) is 5.55. The first-order chi connectivity index (χ1) is 9.72. The lowest BCUT2D eigenvalue weighted by Gasteiger charge is -2.24. The average molecular weight is 279 g/mol. The molecule has 0 spiro atoms. The van der Waals surface area contributed by atoms with E-state index in [4.69, 9.17) is 13.9 Å². The highest BCUT2D eigenvalue weighted by Crippen LogP contribution is 2.33. The lowest BCUT2D eigenvalue weighted by atomic mass is 10.0. The van der Waals surface area contributed by atoms with Gasteiger partial charge in [-0.05, 0) is 13.3 Å². The monoisotopic (exact) mass is 279 g/mol. The van der Waals surface area contributed by atoms with Gasteiger partial charge in [0.1, 0.15) is 0 Å². The summed E-state index contributed by atoms with van der Waals surface area (Å²) in [4.78, 5) is 2.32. The highest BCUT2D eigenvalue weighted by molar-refractivity contribution is 5.05. The molecule has 2 aliphatic rings. The van der Waals surface area contributed by atoms with Crippen LogP contribution in [0.2, 0.25) is 0 Å². The van der Waals surface area contributed by atoms with Gasteiger partial charge in [-0.15, -0.1) is 10.2 Å². The maximum atomic E-state index is 5.81. The van der Waals surface area contributed by atoms with Crippen LogP contribution in [0.3, 0.4) is 0 Å². The van der Waals surface area contributed by atoms with Gasteiger partial charge in [-0.2, -0.15) is 0 Å². The smallest absolute Gasteiger partial charge is 0.250 e. The Morgan fingerprint density at radius 1 is 1.45 bits per heavy atom. The van der Waals surface area contributed by atoms with Crippen molar-refractivity contribution in [2.24, 2.45) is 0 Å². The number of hydrogen-bond donors (Lipinski definition) is 0. The van der Waals surface area contributed by atoms with Crippen LogP contribution < -0.4 is 0 Å². The third-order valence-corrected chi connectivity index (χ3v) is 4.00. The summed E-state index contributed by atoms with van der Waals surface area (Å²) in [5.74, 6) is 1.19. The molecule has 0 saturated carbocycles. The lowest BCUT2D eigenvalue weighted by molar-refractivity contribution is -0.0419. The molecule has 0 aliphatic carbocycles. The quantitative estimate of drug-likeness (QED) is 0.778. The number of aromatic nitrogens is 2. The predicted molar refractivity (Wildman–Crippen MR) is 72.1 cm³/mol. The second kappa shape index (κ2) is 5.63. The van der Waals surface area contributed by atoms with Crippen LogP contribution in [0.5, 0.6) is 0 Å². The Morgan fingerprint density at radius 3 is 3.05 bits per heavy atom. The van der Waals surface area contributed by atoms with Crippen molar-refractivity contribution in [2.45, 2.75) is 31.9 Å². The van der Waals surface area contributed by atoms with Crippen LogP contribution in [0.1, 0.15) is 31.5 Å². The van der Waals surface area contributed by atoms with E-state index in [2.05, 4.69) is 28.1 Å². The number of rotatable bonds is 4. The van der Waals surface area contributed by atoms with Crippen molar-refractivity contribution in [3.8, 4) is 0 Å². The van der Waals surface area contributed by atoms with Gasteiger partial charge in [0, 0.05) is 26.6 Å². The van der Waals surface area contributed by atoms with E-state index in [1.807, 2.05) is 0 Å². The molecule has 1 atom stereocenters. The molecule has 1 unspecified atom stereocenters. The molecule has 20 heavy (non-hydrogen) atoms. The molecular formula is C14H21N3O3. The molecule has 0 bridgehead atoms. The van der Waals surface area contributed by atoms with Crippen molar-refractivity contribution in [3.05, 3.63) is 23.4 Å². The minimum absolute atomic E-state index is 0.483. The summed E-state index contributed by atoms with van der Waals surface area (Å²) in [7, 11) is 1.66. The predicted octanol–water partition coefficient (Wildman–Crippen LogP) is 1.48. The summed E-state index contributed by atoms with van der Waals surface area (Å²) in [5.41, 5.74) is 0.844. The van der Waals surface area contributed by atoms with Gasteiger partial charge < -0.3 is 13.9 Å². The molecular weight excluding hydrogens is 258 g/mol. The van der Waals surface area contributed by atoms with Gasteiger partial charge >= 0.3 is 0 Å². The molecule has 3 rings (SSSR count). The maximum Gasteiger partial charge on any atom is 0.250 e. The molecule has 3 heterocycles. The summed E-state index contributed by atoms with van der Waals surface area (Å²) >= 11 is 0. The standard InChI is InChI=1S/C14H21N3O3/c1-11-4-3-6-17(8-11)9-12-15-16-13(20-12)14(18-2)5-7-19-10-14/h4H,3,5-10H2,1-2H3. The Labute approximate surface area is 118 Å². The van der Waals surface area contributed by atoms with E-state index in [1.165, 1.54) is 5.57 Å². The van der Waals surface area contributed by atoms with Crippen LogP contribution in [-0.4, -0.2) is 48.5 Å². The van der Waals surface area contributed by atoms with E-state index in [1.54, 1.807) is 7.11 Å². The van der Waals surface area contributed by atoms with Gasteiger partial charge in [-0.1, -0.05) is 11.6 Å². The van der Waals surface area contributed by atoms with Crippen LogP contribution in [0.25, 0.3) is 0 Å². The lowest BCUT2D eigenvalue weighted by Crippen LogP contribution is -2.29. The fraction of sp³-hybridized carbons (Fsp3) is 0.714. The van der Waals surface area contributed by atoms with Crippen LogP contribution in [-0.2, 0) is 21.6 Å². The molecule has 0 aromatic carbocycles. The zero-order valence-corrected chi connectivity index (χ0v) is 12.1. The highest BCUT2D eigenvalue weighted by Gasteiger charge is 2.42. The van der Waals surface area contributed by atoms with E-state index >= 15 is 0 Å². The number of nitrogens with zero attached hydrogens (tertiary/aromatic N) is 3. The maximum absolute atomic E-state index is 5.81. The largest absolute Gasteiger partial charge is 0.421 e. The second-order valence-corrected chi connectivity index (χ2v) is 5.55. The normalized spacial score (nSPS) is 27.8. The Balaban J connectivity index is 1.69. The van der Waals surface area contributed by atoms with Gasteiger partial charge in [0.05, 0.1) is 19.8 Å². The topological polar surface area (TPSA) is 60.6 Å². The van der Waals surface area contributed by atoms with Crippen LogP contribution >= 0.6 is 0 Å². The summed E-state index contributed by atoms with van der Waals surface area (Å²) in [6, 6.07) is 0. The fourth-order valence-corrected chi connectivity index (χ4v) is 2.78. The van der Waals surface area contributed by atoms with Gasteiger partial charge in [0.25, 0.3) is 5.89 Å². The van der Waals surface area contributed by atoms with Crippen molar-refractivity contribution in [3.63, 3.8) is 0 Å². The SMILES string of the molecule is COC1(c2nnc(CN3CCC=C(C)C3)o2)CCOC1. The van der Waals surface area contributed by atoms with Crippen molar-refractivity contribution < 1.29 is 13.9 Å². The average Bonchev–Trinajstić information content (AvgIpc) is 3.08. The summed E-state index contributed by atoms with van der Waals surface area (Å²) in [6.07, 6.45) is 4.13. The van der Waals surface area contributed by atoms with Gasteiger partial charge in [-0.25, -0.2) is 0 Å². The molecule has 1 saturated heterocycles. The highest BCUT2D eigenvalue weighted by atomic mass is 16.6. The summed E-state index contributed by atoms with van der Waals surface area (Å²) < 4.78 is 16.8. The summed E-state index contributed by atoms with van der Waals surface area (Å²) in [5, 5.41) is 8.32. The van der Waals surface area contributed by atoms with E-state index in [0.717, 1.165) is 25.9 Å². The Hall–Kier alpha value is -1.24. The third-order valence-electron chi connectivity index (χ3n) is 4.00. The zero-order valence-electron chi connectivity index (χ0n) is 12.1. The summed E-state index contributed by atoms with van der Waals surface area (Å²) in [6.45, 7) is 6.00. The molecule has 1 aromatic heterocycles. The van der Waals surface area contributed by atoms with Gasteiger partial charge in [0.15, 0.2) is 5.60 Å². The van der Waals surface area contributed by atoms with Gasteiger partial charge in [-0.3, -0.25) is 4.90 Å². The van der Waals surface area contributed by atoms with E-state index in [9.17, 15) is 0 Å². The minimum atomic E-state index is -0.553. The first-order valence-corrected chi connectivity index (χ1v) is 7.06. The molecule has 110 valence electrons. The van der Waals surface area contributed by atoms with E-state index < -0.39 is 5.60 Å². The van der Waals surface area contributed by atoms with Crippen molar-refractivity contribution in [1.29, 1.82) is 0 Å². The first kappa shape index (κ1) is 13.7. The Bertz CT molecular complexity index is 492. The Kier molecular flexibility index (Phi) is 3.87. The Morgan fingerprint density at radius 2 is 2.35 bits per heavy atom. The number of hydrogen-bond acceptors (Lipinski definition) is 6. The molecule has 2 aliphatic heterocycles. The van der Waals surface area contributed by atoms with Crippen molar-refractivity contribution in [1.82, 2.24) is 15.1 Å². The van der Waals surface area contributed by atoms with E-state index in [-0.39, 0.29) is 0 Å². The first-order valence-electron chi connectivity index (χ1n) is 7.06. The number of methoxy groups -OCH3 is 1. The van der Waals surface area contributed by atoms with E-state index in [0.29, 0.717) is 31.5 Å². The van der Waals surface area contributed by atoms with Crippen molar-refractivity contribution in [2.75, 3.05) is 33.4 Å². The molecule has 6 heteroatoms. The third kappa shape index (κ3) is 2.63. The van der Waals surface area contributed by atoms with Crippen LogP contribution in [0, 0.1) is 0 Å². The fourth-order valence-electron chi connectivity index (χ4n) is 2.78. The molecule has 6 nitrogen and oxygen atoms in total. The van der Waals surface area contributed by atoms with Crippen molar-refractivity contribution >= 4 is 0 Å². The molecule has 0 radical (unpaired) electrons.